The van der Waals surface area contributed by atoms with Gasteiger partial charge in [-0.2, -0.15) is 4.31 Å². The Labute approximate surface area is 200 Å². The number of nitrogens with zero attached hydrogens (tertiary/aromatic N) is 2. The van der Waals surface area contributed by atoms with E-state index in [1.807, 2.05) is 36.1 Å². The van der Waals surface area contributed by atoms with E-state index >= 15 is 0 Å². The molecule has 1 aliphatic rings. The molecule has 0 aliphatic carbocycles. The van der Waals surface area contributed by atoms with Gasteiger partial charge in [0.25, 0.3) is 0 Å². The third kappa shape index (κ3) is 6.59. The van der Waals surface area contributed by atoms with Crippen molar-refractivity contribution in [1.29, 1.82) is 0 Å². The van der Waals surface area contributed by atoms with E-state index in [4.69, 9.17) is 25.8 Å². The average Bonchev–Trinajstić information content (AvgIpc) is 2.82. The van der Waals surface area contributed by atoms with Gasteiger partial charge in [0, 0.05) is 43.8 Å². The lowest BCUT2D eigenvalue weighted by atomic mass is 10.1. The molecule has 33 heavy (non-hydrogen) atoms. The van der Waals surface area contributed by atoms with E-state index in [0.717, 1.165) is 5.56 Å². The van der Waals surface area contributed by atoms with Crippen LogP contribution in [-0.4, -0.2) is 82.4 Å². The number of hydrogen-bond donors (Lipinski definition) is 1. The minimum Gasteiger partial charge on any atom is -0.497 e. The fourth-order valence-electron chi connectivity index (χ4n) is 3.71. The van der Waals surface area contributed by atoms with Gasteiger partial charge in [-0.05, 0) is 36.8 Å². The number of rotatable bonds is 10. The summed E-state index contributed by atoms with van der Waals surface area (Å²) in [7, 11) is -0.811. The molecule has 1 fully saturated rings. The molecule has 1 aliphatic heterocycles. The van der Waals surface area contributed by atoms with Gasteiger partial charge in [-0.3, -0.25) is 4.90 Å². The number of aliphatic hydroxyl groups is 1. The normalized spacial score (nSPS) is 17.5. The maximum atomic E-state index is 13.2. The van der Waals surface area contributed by atoms with Crippen LogP contribution in [-0.2, 0) is 14.8 Å². The predicted octanol–water partition coefficient (Wildman–Crippen LogP) is 2.80. The average molecular weight is 499 g/mol. The van der Waals surface area contributed by atoms with Crippen LogP contribution in [0.1, 0.15) is 18.6 Å². The lowest BCUT2D eigenvalue weighted by Crippen LogP contribution is -2.50. The zero-order valence-electron chi connectivity index (χ0n) is 19.1. The van der Waals surface area contributed by atoms with Gasteiger partial charge < -0.3 is 19.3 Å². The largest absolute Gasteiger partial charge is 0.497 e. The molecular formula is C23H31ClN2O6S. The van der Waals surface area contributed by atoms with Crippen LogP contribution in [0.3, 0.4) is 0 Å². The van der Waals surface area contributed by atoms with Gasteiger partial charge in [0.05, 0.1) is 33.0 Å². The summed E-state index contributed by atoms with van der Waals surface area (Å²) in [5.74, 6) is 0.726. The SMILES string of the molecule is COc1ccc(OC)c(S(=O)(=O)N2CCN(C[C@H](O)CO[C@@H](C)c3ccc(Cl)cc3)CC2)c1. The van der Waals surface area contributed by atoms with E-state index in [1.54, 1.807) is 12.1 Å². The standard InChI is InChI=1S/C23H31ClN2O6S/c1-17(18-4-6-19(24)7-5-18)32-16-20(27)15-25-10-12-26(13-11-25)33(28,29)23-14-21(30-2)8-9-22(23)31-3/h4-9,14,17,20,27H,10-13,15-16H2,1-3H3/t17-,20-/m0/s1. The Balaban J connectivity index is 1.51. The molecule has 0 radical (unpaired) electrons. The number of ether oxygens (including phenoxy) is 3. The number of piperazine rings is 1. The highest BCUT2D eigenvalue weighted by atomic mass is 35.5. The summed E-state index contributed by atoms with van der Waals surface area (Å²) in [6, 6.07) is 12.1. The van der Waals surface area contributed by atoms with Crippen LogP contribution in [0.15, 0.2) is 47.4 Å². The van der Waals surface area contributed by atoms with Crippen molar-refractivity contribution in [2.45, 2.75) is 24.0 Å². The van der Waals surface area contributed by atoms with Crippen molar-refractivity contribution < 1.29 is 27.7 Å². The summed E-state index contributed by atoms with van der Waals surface area (Å²) in [4.78, 5) is 2.12. The van der Waals surface area contributed by atoms with Gasteiger partial charge in [0.15, 0.2) is 0 Å². The molecule has 1 saturated heterocycles. The van der Waals surface area contributed by atoms with Crippen LogP contribution in [0.25, 0.3) is 0 Å². The van der Waals surface area contributed by atoms with Gasteiger partial charge in [-0.15, -0.1) is 0 Å². The Bertz CT molecular complexity index is 1010. The van der Waals surface area contributed by atoms with E-state index in [0.29, 0.717) is 43.5 Å². The highest BCUT2D eigenvalue weighted by Gasteiger charge is 2.31. The minimum absolute atomic E-state index is 0.0856. The molecule has 2 aromatic rings. The number of sulfonamides is 1. The van der Waals surface area contributed by atoms with Gasteiger partial charge in [0.1, 0.15) is 16.4 Å². The van der Waals surface area contributed by atoms with Crippen molar-refractivity contribution in [2.24, 2.45) is 0 Å². The van der Waals surface area contributed by atoms with Crippen molar-refractivity contribution in [3.8, 4) is 11.5 Å². The molecular weight excluding hydrogens is 468 g/mol. The van der Waals surface area contributed by atoms with Crippen molar-refractivity contribution in [2.75, 3.05) is 53.6 Å². The molecule has 1 heterocycles. The van der Waals surface area contributed by atoms with Crippen LogP contribution >= 0.6 is 11.6 Å². The molecule has 1 N–H and O–H groups in total. The van der Waals surface area contributed by atoms with Crippen LogP contribution in [0.5, 0.6) is 11.5 Å². The maximum Gasteiger partial charge on any atom is 0.246 e. The molecule has 0 aromatic heterocycles. The topological polar surface area (TPSA) is 88.5 Å². The number of methoxy groups -OCH3 is 2. The van der Waals surface area contributed by atoms with Crippen LogP contribution in [0, 0.1) is 0 Å². The Morgan fingerprint density at radius 3 is 2.30 bits per heavy atom. The Hall–Kier alpha value is -1.88. The molecule has 2 atom stereocenters. The van der Waals surface area contributed by atoms with Crippen LogP contribution in [0.2, 0.25) is 5.02 Å². The monoisotopic (exact) mass is 498 g/mol. The van der Waals surface area contributed by atoms with Crippen molar-refractivity contribution in [1.82, 2.24) is 9.21 Å². The second kappa shape index (κ2) is 11.5. The summed E-state index contributed by atoms with van der Waals surface area (Å²) in [5, 5.41) is 11.1. The zero-order valence-corrected chi connectivity index (χ0v) is 20.7. The van der Waals surface area contributed by atoms with Crippen LogP contribution in [0.4, 0.5) is 0 Å². The van der Waals surface area contributed by atoms with Gasteiger partial charge in [-0.25, -0.2) is 8.42 Å². The molecule has 0 bridgehead atoms. The number of hydrogen-bond acceptors (Lipinski definition) is 7. The van der Waals surface area contributed by atoms with E-state index in [2.05, 4.69) is 0 Å². The summed E-state index contributed by atoms with van der Waals surface area (Å²) in [6.07, 6.45) is -0.849. The molecule has 3 rings (SSSR count). The van der Waals surface area contributed by atoms with Gasteiger partial charge in [-0.1, -0.05) is 23.7 Å². The number of β-amino-alcohol motifs (C(OH)–C–C–N with tert-alkyl or cyclic N) is 1. The number of halogens is 1. The first-order valence-electron chi connectivity index (χ1n) is 10.7. The molecule has 0 saturated carbocycles. The van der Waals surface area contributed by atoms with E-state index in [9.17, 15) is 13.5 Å². The second-order valence-electron chi connectivity index (χ2n) is 7.90. The van der Waals surface area contributed by atoms with Gasteiger partial charge >= 0.3 is 0 Å². The van der Waals surface area contributed by atoms with Crippen molar-refractivity contribution in [3.05, 3.63) is 53.1 Å². The summed E-state index contributed by atoms with van der Waals surface area (Å²) >= 11 is 5.91. The Morgan fingerprint density at radius 1 is 1.03 bits per heavy atom. The fourth-order valence-corrected chi connectivity index (χ4v) is 5.43. The molecule has 2 aromatic carbocycles. The zero-order chi connectivity index (χ0) is 24.0. The predicted molar refractivity (Wildman–Crippen MR) is 127 cm³/mol. The van der Waals surface area contributed by atoms with Crippen molar-refractivity contribution in [3.63, 3.8) is 0 Å². The quantitative estimate of drug-likeness (QED) is 0.538. The molecule has 182 valence electrons. The second-order valence-corrected chi connectivity index (χ2v) is 10.2. The fraction of sp³-hybridized carbons (Fsp3) is 0.478. The van der Waals surface area contributed by atoms with Crippen molar-refractivity contribution >= 4 is 21.6 Å². The van der Waals surface area contributed by atoms with E-state index < -0.39 is 16.1 Å². The summed E-state index contributed by atoms with van der Waals surface area (Å²) in [6.45, 7) is 4.17. The van der Waals surface area contributed by atoms with Crippen LogP contribution < -0.4 is 9.47 Å². The van der Waals surface area contributed by atoms with E-state index in [1.165, 1.54) is 24.6 Å². The Morgan fingerprint density at radius 2 is 1.70 bits per heavy atom. The molecule has 8 nitrogen and oxygen atoms in total. The van der Waals surface area contributed by atoms with E-state index in [-0.39, 0.29) is 23.4 Å². The first-order chi connectivity index (χ1) is 15.7. The highest BCUT2D eigenvalue weighted by Crippen LogP contribution is 2.31. The third-order valence-corrected chi connectivity index (χ3v) is 7.84. The molecule has 10 heteroatoms. The first kappa shape index (κ1) is 25.7. The first-order valence-corrected chi connectivity index (χ1v) is 12.6. The number of benzene rings is 2. The Kier molecular flexibility index (Phi) is 8.97. The van der Waals surface area contributed by atoms with Gasteiger partial charge in [0.2, 0.25) is 10.0 Å². The number of aliphatic hydroxyl groups excluding tert-OH is 1. The maximum absolute atomic E-state index is 13.2. The highest BCUT2D eigenvalue weighted by molar-refractivity contribution is 7.89. The molecule has 0 spiro atoms. The lowest BCUT2D eigenvalue weighted by molar-refractivity contribution is -0.0186. The minimum atomic E-state index is -3.74. The smallest absolute Gasteiger partial charge is 0.246 e. The summed E-state index contributed by atoms with van der Waals surface area (Å²) < 4.78 is 44.1. The third-order valence-electron chi connectivity index (χ3n) is 5.67. The molecule has 0 unspecified atom stereocenters. The molecule has 0 amide bonds. The summed E-state index contributed by atoms with van der Waals surface area (Å²) in [5.41, 5.74) is 0.985. The lowest BCUT2D eigenvalue weighted by Gasteiger charge is -2.35.